The number of nitrogens with one attached hydrogen (secondary N) is 2. The molecule has 5 heteroatoms. The molecule has 1 aromatic rings. The number of benzene rings is 1. The van der Waals surface area contributed by atoms with Crippen LogP contribution < -0.4 is 10.6 Å². The average Bonchev–Trinajstić information content (AvgIpc) is 2.48. The van der Waals surface area contributed by atoms with Gasteiger partial charge in [-0.1, -0.05) is 0 Å². The number of rotatable bonds is 6. The van der Waals surface area contributed by atoms with Crippen molar-refractivity contribution >= 4 is 17.4 Å². The van der Waals surface area contributed by atoms with Crippen LogP contribution in [-0.4, -0.2) is 38.0 Å². The summed E-state index contributed by atoms with van der Waals surface area (Å²) >= 11 is 0. The second-order valence-corrected chi connectivity index (χ2v) is 5.41. The molecule has 0 aliphatic carbocycles. The van der Waals surface area contributed by atoms with E-state index in [2.05, 4.69) is 10.6 Å². The van der Waals surface area contributed by atoms with Crippen LogP contribution in [0.15, 0.2) is 24.3 Å². The maximum atomic E-state index is 12.0. The van der Waals surface area contributed by atoms with Crippen molar-refractivity contribution in [2.75, 3.05) is 31.6 Å². The molecule has 0 aromatic heterocycles. The summed E-state index contributed by atoms with van der Waals surface area (Å²) in [4.78, 5) is 22.9. The fraction of sp³-hybridized carbons (Fsp3) is 0.500. The molecule has 1 aromatic carbocycles. The van der Waals surface area contributed by atoms with Gasteiger partial charge in [-0.25, -0.2) is 0 Å². The molecule has 0 bridgehead atoms. The van der Waals surface area contributed by atoms with Crippen LogP contribution in [0, 0.1) is 5.92 Å². The van der Waals surface area contributed by atoms with Gasteiger partial charge in [-0.05, 0) is 49.6 Å². The largest absolute Gasteiger partial charge is 0.373 e. The summed E-state index contributed by atoms with van der Waals surface area (Å²) in [5.74, 6) is 0.348. The van der Waals surface area contributed by atoms with Gasteiger partial charge in [0.15, 0.2) is 5.78 Å². The summed E-state index contributed by atoms with van der Waals surface area (Å²) in [6.45, 7) is 4.24. The van der Waals surface area contributed by atoms with Crippen molar-refractivity contribution in [2.24, 2.45) is 5.92 Å². The molecule has 2 rings (SSSR count). The van der Waals surface area contributed by atoms with Gasteiger partial charge in [0.2, 0.25) is 5.91 Å². The van der Waals surface area contributed by atoms with E-state index in [0.29, 0.717) is 23.8 Å². The Hall–Kier alpha value is -1.72. The fourth-order valence-electron chi connectivity index (χ4n) is 2.41. The molecule has 1 fully saturated rings. The average molecular weight is 290 g/mol. The highest BCUT2D eigenvalue weighted by Crippen LogP contribution is 2.12. The van der Waals surface area contributed by atoms with Crippen LogP contribution in [0.25, 0.3) is 0 Å². The zero-order valence-electron chi connectivity index (χ0n) is 12.4. The Bertz CT molecular complexity index is 479. The number of anilines is 1. The molecule has 1 aliphatic heterocycles. The Labute approximate surface area is 125 Å². The molecule has 1 saturated heterocycles. The monoisotopic (exact) mass is 290 g/mol. The number of carbonyl (C=O) groups excluding carboxylic acids is 2. The minimum absolute atomic E-state index is 0.0341. The van der Waals surface area contributed by atoms with Crippen molar-refractivity contribution < 1.29 is 14.3 Å². The Morgan fingerprint density at radius 2 is 2.10 bits per heavy atom. The minimum Gasteiger partial charge on any atom is -0.373 e. The summed E-state index contributed by atoms with van der Waals surface area (Å²) in [6, 6.07) is 6.86. The van der Waals surface area contributed by atoms with E-state index in [-0.39, 0.29) is 18.3 Å². The number of ketones is 1. The molecule has 0 spiro atoms. The van der Waals surface area contributed by atoms with Gasteiger partial charge in [0.25, 0.3) is 0 Å². The lowest BCUT2D eigenvalue weighted by molar-refractivity contribution is -0.114. The smallest absolute Gasteiger partial charge is 0.221 e. The minimum atomic E-state index is -0.126. The summed E-state index contributed by atoms with van der Waals surface area (Å²) in [5.41, 5.74) is 1.29. The van der Waals surface area contributed by atoms with Crippen molar-refractivity contribution in [3.8, 4) is 0 Å². The molecule has 1 unspecified atom stereocenters. The second kappa shape index (κ2) is 7.90. The van der Waals surface area contributed by atoms with E-state index in [1.165, 1.54) is 13.3 Å². The SMILES string of the molecule is CC(=O)Nc1ccc(C(=O)COCC2CCCNC2)cc1. The lowest BCUT2D eigenvalue weighted by Crippen LogP contribution is -2.32. The van der Waals surface area contributed by atoms with Gasteiger partial charge in [-0.15, -0.1) is 0 Å². The van der Waals surface area contributed by atoms with Gasteiger partial charge >= 0.3 is 0 Å². The predicted octanol–water partition coefficient (Wildman–Crippen LogP) is 1.84. The zero-order valence-corrected chi connectivity index (χ0v) is 12.4. The first-order chi connectivity index (χ1) is 10.1. The van der Waals surface area contributed by atoms with E-state index < -0.39 is 0 Å². The molecular weight excluding hydrogens is 268 g/mol. The van der Waals surface area contributed by atoms with E-state index in [9.17, 15) is 9.59 Å². The molecule has 0 saturated carbocycles. The van der Waals surface area contributed by atoms with Gasteiger partial charge in [-0.3, -0.25) is 9.59 Å². The maximum absolute atomic E-state index is 12.0. The van der Waals surface area contributed by atoms with E-state index >= 15 is 0 Å². The van der Waals surface area contributed by atoms with E-state index in [1.807, 2.05) is 0 Å². The van der Waals surface area contributed by atoms with Gasteiger partial charge in [0, 0.05) is 24.7 Å². The first-order valence-corrected chi connectivity index (χ1v) is 7.34. The summed E-state index contributed by atoms with van der Waals surface area (Å²) < 4.78 is 5.52. The lowest BCUT2D eigenvalue weighted by atomic mass is 10.0. The van der Waals surface area contributed by atoms with Crippen molar-refractivity contribution in [2.45, 2.75) is 19.8 Å². The third kappa shape index (κ3) is 5.28. The Morgan fingerprint density at radius 3 is 2.71 bits per heavy atom. The molecule has 0 radical (unpaired) electrons. The molecule has 1 amide bonds. The highest BCUT2D eigenvalue weighted by Gasteiger charge is 2.14. The van der Waals surface area contributed by atoms with Crippen LogP contribution in [0.2, 0.25) is 0 Å². The molecule has 1 aliphatic rings. The van der Waals surface area contributed by atoms with E-state index in [4.69, 9.17) is 4.74 Å². The molecule has 5 nitrogen and oxygen atoms in total. The quantitative estimate of drug-likeness (QED) is 0.785. The lowest BCUT2D eigenvalue weighted by Gasteiger charge is -2.22. The Balaban J connectivity index is 1.75. The topological polar surface area (TPSA) is 67.4 Å². The van der Waals surface area contributed by atoms with Gasteiger partial charge in [0.05, 0.1) is 6.61 Å². The standard InChI is InChI=1S/C16H22N2O3/c1-12(19)18-15-6-4-14(5-7-15)16(20)11-21-10-13-3-2-8-17-9-13/h4-7,13,17H,2-3,8-11H2,1H3,(H,18,19). The molecule has 2 N–H and O–H groups in total. The Morgan fingerprint density at radius 1 is 1.33 bits per heavy atom. The second-order valence-electron chi connectivity index (χ2n) is 5.41. The van der Waals surface area contributed by atoms with Crippen LogP contribution >= 0.6 is 0 Å². The predicted molar refractivity (Wildman–Crippen MR) is 81.5 cm³/mol. The van der Waals surface area contributed by atoms with Crippen LogP contribution in [0.1, 0.15) is 30.1 Å². The first kappa shape index (κ1) is 15.7. The van der Waals surface area contributed by atoms with Gasteiger partial charge in [0.1, 0.15) is 6.61 Å². The van der Waals surface area contributed by atoms with E-state index in [0.717, 1.165) is 19.5 Å². The number of carbonyl (C=O) groups is 2. The van der Waals surface area contributed by atoms with Crippen molar-refractivity contribution in [3.63, 3.8) is 0 Å². The Kier molecular flexibility index (Phi) is 5.90. The number of Topliss-reactive ketones (excluding diaryl/α,β-unsaturated/α-hetero) is 1. The summed E-state index contributed by atoms with van der Waals surface area (Å²) in [5, 5.41) is 6.00. The van der Waals surface area contributed by atoms with Gasteiger partial charge in [-0.2, -0.15) is 0 Å². The van der Waals surface area contributed by atoms with E-state index in [1.54, 1.807) is 24.3 Å². The van der Waals surface area contributed by atoms with Crippen molar-refractivity contribution in [1.82, 2.24) is 5.32 Å². The number of amides is 1. The normalized spacial score (nSPS) is 18.2. The highest BCUT2D eigenvalue weighted by molar-refractivity contribution is 5.97. The third-order valence-corrected chi connectivity index (χ3v) is 3.51. The number of hydrogen-bond donors (Lipinski definition) is 2. The zero-order chi connectivity index (χ0) is 15.1. The summed E-state index contributed by atoms with van der Waals surface area (Å²) in [6.07, 6.45) is 2.33. The molecule has 1 heterocycles. The van der Waals surface area contributed by atoms with Crippen molar-refractivity contribution in [3.05, 3.63) is 29.8 Å². The molecule has 21 heavy (non-hydrogen) atoms. The number of ether oxygens (including phenoxy) is 1. The van der Waals surface area contributed by atoms with Crippen LogP contribution in [0.5, 0.6) is 0 Å². The van der Waals surface area contributed by atoms with Crippen LogP contribution in [0.3, 0.4) is 0 Å². The maximum Gasteiger partial charge on any atom is 0.221 e. The molecule has 114 valence electrons. The van der Waals surface area contributed by atoms with Crippen LogP contribution in [-0.2, 0) is 9.53 Å². The number of hydrogen-bond acceptors (Lipinski definition) is 4. The van der Waals surface area contributed by atoms with Crippen LogP contribution in [0.4, 0.5) is 5.69 Å². The fourth-order valence-corrected chi connectivity index (χ4v) is 2.41. The third-order valence-electron chi connectivity index (χ3n) is 3.51. The van der Waals surface area contributed by atoms with Crippen molar-refractivity contribution in [1.29, 1.82) is 0 Å². The molecular formula is C16H22N2O3. The number of piperidine rings is 1. The van der Waals surface area contributed by atoms with Gasteiger partial charge < -0.3 is 15.4 Å². The molecule has 1 atom stereocenters. The highest BCUT2D eigenvalue weighted by atomic mass is 16.5. The summed E-state index contributed by atoms with van der Waals surface area (Å²) in [7, 11) is 0. The first-order valence-electron chi connectivity index (χ1n) is 7.34.